The zero-order valence-corrected chi connectivity index (χ0v) is 15.6. The molecule has 1 aromatic carbocycles. The molecule has 3 heterocycles. The second-order valence-corrected chi connectivity index (χ2v) is 6.99. The van der Waals surface area contributed by atoms with Crippen molar-refractivity contribution in [2.75, 3.05) is 26.2 Å². The number of hydrogen-bond donors (Lipinski definition) is 0. The van der Waals surface area contributed by atoms with Gasteiger partial charge < -0.3 is 4.90 Å². The van der Waals surface area contributed by atoms with Gasteiger partial charge in [0.1, 0.15) is 0 Å². The van der Waals surface area contributed by atoms with Crippen LogP contribution in [0.25, 0.3) is 5.69 Å². The van der Waals surface area contributed by atoms with Gasteiger partial charge in [-0.3, -0.25) is 14.7 Å². The van der Waals surface area contributed by atoms with Crippen LogP contribution in [0.4, 0.5) is 0 Å². The molecule has 1 fully saturated rings. The minimum Gasteiger partial charge on any atom is -0.335 e. The fraction of sp³-hybridized carbons (Fsp3) is 0.250. The molecule has 0 spiro atoms. The van der Waals surface area contributed by atoms with E-state index < -0.39 is 0 Å². The molecule has 0 aliphatic carbocycles. The Morgan fingerprint density at radius 2 is 1.93 bits per heavy atom. The van der Waals surface area contributed by atoms with Crippen molar-refractivity contribution in [2.45, 2.75) is 6.54 Å². The molecule has 2 aromatic heterocycles. The first-order valence-electron chi connectivity index (χ1n) is 8.91. The van der Waals surface area contributed by atoms with Crippen molar-refractivity contribution in [3.63, 3.8) is 0 Å². The summed E-state index contributed by atoms with van der Waals surface area (Å²) in [5.41, 5.74) is 2.48. The molecule has 3 aromatic rings. The van der Waals surface area contributed by atoms with Gasteiger partial charge in [-0.15, -0.1) is 0 Å². The highest BCUT2D eigenvalue weighted by molar-refractivity contribution is 6.30. The summed E-state index contributed by atoms with van der Waals surface area (Å²) in [4.78, 5) is 21.1. The average molecular weight is 382 g/mol. The number of amides is 1. The van der Waals surface area contributed by atoms with Crippen LogP contribution in [0.2, 0.25) is 5.02 Å². The summed E-state index contributed by atoms with van der Waals surface area (Å²) in [6.45, 7) is 3.94. The SMILES string of the molecule is O=C(c1ccn(-c2cccc(Cl)c2)n1)N1CCN(Cc2cccnc2)CC1. The normalized spacial score (nSPS) is 15.1. The first-order chi connectivity index (χ1) is 13.2. The number of nitrogens with zero attached hydrogens (tertiary/aromatic N) is 5. The fourth-order valence-corrected chi connectivity index (χ4v) is 3.41. The topological polar surface area (TPSA) is 54.3 Å². The molecule has 4 rings (SSSR count). The molecule has 6 nitrogen and oxygen atoms in total. The molecule has 138 valence electrons. The van der Waals surface area contributed by atoms with Crippen molar-refractivity contribution >= 4 is 17.5 Å². The van der Waals surface area contributed by atoms with Crippen LogP contribution in [0.15, 0.2) is 61.1 Å². The third kappa shape index (κ3) is 4.18. The molecule has 1 aliphatic rings. The summed E-state index contributed by atoms with van der Waals surface area (Å²) in [7, 11) is 0. The summed E-state index contributed by atoms with van der Waals surface area (Å²) in [5, 5.41) is 5.07. The molecular weight excluding hydrogens is 362 g/mol. The van der Waals surface area contributed by atoms with Crippen LogP contribution in [0.3, 0.4) is 0 Å². The first-order valence-corrected chi connectivity index (χ1v) is 9.29. The van der Waals surface area contributed by atoms with E-state index in [4.69, 9.17) is 11.6 Å². The summed E-state index contributed by atoms with van der Waals surface area (Å²) < 4.78 is 1.68. The van der Waals surface area contributed by atoms with Crippen molar-refractivity contribution in [3.05, 3.63) is 77.3 Å². The minimum absolute atomic E-state index is 0.0307. The highest BCUT2D eigenvalue weighted by atomic mass is 35.5. The molecule has 27 heavy (non-hydrogen) atoms. The summed E-state index contributed by atoms with van der Waals surface area (Å²) in [6.07, 6.45) is 5.46. The first kappa shape index (κ1) is 17.7. The Labute approximate surface area is 163 Å². The van der Waals surface area contributed by atoms with E-state index in [-0.39, 0.29) is 5.91 Å². The van der Waals surface area contributed by atoms with Crippen LogP contribution < -0.4 is 0 Å². The second kappa shape index (κ2) is 7.90. The predicted molar refractivity (Wildman–Crippen MR) is 104 cm³/mol. The lowest BCUT2D eigenvalue weighted by Gasteiger charge is -2.34. The van der Waals surface area contributed by atoms with Crippen LogP contribution >= 0.6 is 11.6 Å². The maximum Gasteiger partial charge on any atom is 0.274 e. The predicted octanol–water partition coefficient (Wildman–Crippen LogP) is 2.88. The maximum atomic E-state index is 12.8. The Morgan fingerprint density at radius 3 is 2.67 bits per heavy atom. The fourth-order valence-electron chi connectivity index (χ4n) is 3.22. The number of benzene rings is 1. The number of halogens is 1. The van der Waals surface area contributed by atoms with Gasteiger partial charge in [0, 0.05) is 56.3 Å². The van der Waals surface area contributed by atoms with E-state index in [9.17, 15) is 4.79 Å². The Balaban J connectivity index is 1.37. The largest absolute Gasteiger partial charge is 0.335 e. The molecule has 0 saturated carbocycles. The van der Waals surface area contributed by atoms with Crippen LogP contribution in [-0.2, 0) is 6.54 Å². The molecule has 0 N–H and O–H groups in total. The summed E-state index contributed by atoms with van der Waals surface area (Å²) in [5.74, 6) is -0.0307. The number of aromatic nitrogens is 3. The van der Waals surface area contributed by atoms with E-state index in [1.165, 1.54) is 5.56 Å². The van der Waals surface area contributed by atoms with Crippen molar-refractivity contribution in [3.8, 4) is 5.69 Å². The van der Waals surface area contributed by atoms with Gasteiger partial charge in [0.25, 0.3) is 5.91 Å². The van der Waals surface area contributed by atoms with Crippen molar-refractivity contribution in [1.82, 2.24) is 24.6 Å². The Morgan fingerprint density at radius 1 is 1.07 bits per heavy atom. The van der Waals surface area contributed by atoms with Crippen LogP contribution in [0.5, 0.6) is 0 Å². The lowest BCUT2D eigenvalue weighted by molar-refractivity contribution is 0.0622. The monoisotopic (exact) mass is 381 g/mol. The van der Waals surface area contributed by atoms with E-state index in [0.717, 1.165) is 25.3 Å². The standard InChI is InChI=1S/C20H20ClN5O/c21-17-4-1-5-18(13-17)26-8-6-19(23-26)20(27)25-11-9-24(10-12-25)15-16-3-2-7-22-14-16/h1-8,13-14H,9-12,15H2. The van der Waals surface area contributed by atoms with Crippen LogP contribution in [0, 0.1) is 0 Å². The van der Waals surface area contributed by atoms with Gasteiger partial charge in [0.05, 0.1) is 5.69 Å². The van der Waals surface area contributed by atoms with Gasteiger partial charge in [-0.1, -0.05) is 23.7 Å². The van der Waals surface area contributed by atoms with E-state index in [2.05, 4.69) is 21.0 Å². The average Bonchev–Trinajstić information content (AvgIpc) is 3.19. The van der Waals surface area contributed by atoms with Crippen LogP contribution in [0.1, 0.15) is 16.1 Å². The summed E-state index contributed by atoms with van der Waals surface area (Å²) in [6, 6.07) is 13.2. The van der Waals surface area contributed by atoms with E-state index in [1.54, 1.807) is 23.1 Å². The van der Waals surface area contributed by atoms with Crippen molar-refractivity contribution in [1.29, 1.82) is 0 Å². The van der Waals surface area contributed by atoms with Gasteiger partial charge >= 0.3 is 0 Å². The number of piperazine rings is 1. The molecule has 7 heteroatoms. The second-order valence-electron chi connectivity index (χ2n) is 6.56. The van der Waals surface area contributed by atoms with Crippen molar-refractivity contribution in [2.24, 2.45) is 0 Å². The van der Waals surface area contributed by atoms with Crippen molar-refractivity contribution < 1.29 is 4.79 Å². The number of hydrogen-bond acceptors (Lipinski definition) is 4. The zero-order valence-electron chi connectivity index (χ0n) is 14.8. The summed E-state index contributed by atoms with van der Waals surface area (Å²) >= 11 is 6.03. The number of rotatable bonds is 4. The zero-order chi connectivity index (χ0) is 18.6. The van der Waals surface area contributed by atoms with Gasteiger partial charge in [-0.25, -0.2) is 4.68 Å². The molecule has 1 saturated heterocycles. The lowest BCUT2D eigenvalue weighted by Crippen LogP contribution is -2.48. The van der Waals surface area contributed by atoms with Crippen LogP contribution in [-0.4, -0.2) is 56.7 Å². The number of pyridine rings is 1. The maximum absolute atomic E-state index is 12.8. The third-order valence-electron chi connectivity index (χ3n) is 4.67. The molecule has 0 unspecified atom stereocenters. The molecular formula is C20H20ClN5O. The smallest absolute Gasteiger partial charge is 0.274 e. The van der Waals surface area contributed by atoms with E-state index in [0.29, 0.717) is 23.8 Å². The van der Waals surface area contributed by atoms with Gasteiger partial charge in [-0.2, -0.15) is 5.10 Å². The minimum atomic E-state index is -0.0307. The van der Waals surface area contributed by atoms with Gasteiger partial charge in [-0.05, 0) is 35.9 Å². The Kier molecular flexibility index (Phi) is 5.18. The molecule has 0 bridgehead atoms. The highest BCUT2D eigenvalue weighted by Gasteiger charge is 2.23. The molecule has 1 amide bonds. The van der Waals surface area contributed by atoms with E-state index in [1.807, 2.05) is 41.4 Å². The number of carbonyl (C=O) groups is 1. The third-order valence-corrected chi connectivity index (χ3v) is 4.90. The van der Waals surface area contributed by atoms with Gasteiger partial charge in [0.2, 0.25) is 0 Å². The molecule has 0 radical (unpaired) electrons. The number of carbonyl (C=O) groups excluding carboxylic acids is 1. The quantitative estimate of drug-likeness (QED) is 0.697. The highest BCUT2D eigenvalue weighted by Crippen LogP contribution is 2.15. The Bertz CT molecular complexity index is 919. The Hall–Kier alpha value is -2.70. The van der Waals surface area contributed by atoms with Gasteiger partial charge in [0.15, 0.2) is 5.69 Å². The molecule has 1 aliphatic heterocycles. The lowest BCUT2D eigenvalue weighted by atomic mass is 10.2. The van der Waals surface area contributed by atoms with E-state index >= 15 is 0 Å². The molecule has 0 atom stereocenters.